The summed E-state index contributed by atoms with van der Waals surface area (Å²) in [6.45, 7) is 12.1. The van der Waals surface area contributed by atoms with E-state index in [1.165, 1.54) is 4.90 Å². The smallest absolute Gasteiger partial charge is 0.397 e. The molecule has 39 heavy (non-hydrogen) atoms. The molecule has 0 saturated carbocycles. The summed E-state index contributed by atoms with van der Waals surface area (Å²) < 4.78 is 5.13. The standard InChI is InChI=1S/C29H39N3O6S/c1-17-23(39-16-30-17)19-11-8-18(9-12-19)10-13-22(34)21-14-20(33)15-32(21)26(36)24(28(2,3)4)31-25(35)27(37)38-29(5,6)7/h8-9,11-12,16,20-21,24,33H,10,13-15H2,1-7H3,(H,31,35)/t20-,21+,24-/m1/s1. The third kappa shape index (κ3) is 7.95. The van der Waals surface area contributed by atoms with Crippen molar-refractivity contribution in [2.24, 2.45) is 5.41 Å². The van der Waals surface area contributed by atoms with Crippen molar-refractivity contribution in [3.63, 3.8) is 0 Å². The summed E-state index contributed by atoms with van der Waals surface area (Å²) in [5, 5.41) is 12.9. The highest BCUT2D eigenvalue weighted by Gasteiger charge is 2.44. The number of hydrogen-bond donors (Lipinski definition) is 2. The highest BCUT2D eigenvalue weighted by atomic mass is 32.1. The van der Waals surface area contributed by atoms with Crippen LogP contribution in [-0.2, 0) is 30.3 Å². The molecule has 0 spiro atoms. The van der Waals surface area contributed by atoms with Crippen molar-refractivity contribution in [3.8, 4) is 10.4 Å². The van der Waals surface area contributed by atoms with Crippen LogP contribution < -0.4 is 5.32 Å². The Morgan fingerprint density at radius 2 is 1.77 bits per heavy atom. The SMILES string of the molecule is Cc1ncsc1-c1ccc(CCC(=O)[C@@H]2C[C@@H](O)CN2C(=O)[C@@H](NC(=O)C(=O)OC(C)(C)C)C(C)(C)C)cc1. The minimum Gasteiger partial charge on any atom is -0.453 e. The van der Waals surface area contributed by atoms with Crippen molar-refractivity contribution >= 4 is 34.9 Å². The third-order valence-electron chi connectivity index (χ3n) is 6.53. The molecule has 0 unspecified atom stereocenters. The molecule has 3 rings (SSSR count). The third-order valence-corrected chi connectivity index (χ3v) is 7.51. The number of ketones is 1. The molecule has 0 bridgehead atoms. The summed E-state index contributed by atoms with van der Waals surface area (Å²) in [6, 6.07) is 6.08. The fourth-order valence-corrected chi connectivity index (χ4v) is 5.34. The summed E-state index contributed by atoms with van der Waals surface area (Å²) in [5.41, 5.74) is 3.21. The van der Waals surface area contributed by atoms with Gasteiger partial charge in [-0.25, -0.2) is 9.78 Å². The Hall–Kier alpha value is -3.11. The van der Waals surface area contributed by atoms with Crippen LogP contribution in [0.25, 0.3) is 10.4 Å². The number of aliphatic hydroxyl groups is 1. The number of benzene rings is 1. The Balaban J connectivity index is 1.69. The number of carbonyl (C=O) groups excluding carboxylic acids is 4. The van der Waals surface area contributed by atoms with Gasteiger partial charge in [0.2, 0.25) is 5.91 Å². The Labute approximate surface area is 234 Å². The van der Waals surface area contributed by atoms with E-state index in [4.69, 9.17) is 4.74 Å². The van der Waals surface area contributed by atoms with E-state index in [1.807, 2.05) is 36.7 Å². The van der Waals surface area contributed by atoms with E-state index in [1.54, 1.807) is 52.9 Å². The Bertz CT molecular complexity index is 1210. The fraction of sp³-hybridized carbons (Fsp3) is 0.552. The molecule has 2 aromatic rings. The van der Waals surface area contributed by atoms with Gasteiger partial charge < -0.3 is 20.1 Å². The van der Waals surface area contributed by atoms with E-state index < -0.39 is 47.0 Å². The van der Waals surface area contributed by atoms with Crippen LogP contribution in [0.4, 0.5) is 0 Å². The van der Waals surface area contributed by atoms with Crippen LogP contribution >= 0.6 is 11.3 Å². The number of aryl methyl sites for hydroxylation is 2. The maximum atomic E-state index is 13.6. The molecule has 2 N–H and O–H groups in total. The Kier molecular flexibility index (Phi) is 9.33. The van der Waals surface area contributed by atoms with Gasteiger partial charge in [-0.05, 0) is 50.7 Å². The van der Waals surface area contributed by atoms with E-state index in [0.717, 1.165) is 21.7 Å². The first-order valence-corrected chi connectivity index (χ1v) is 14.0. The average Bonchev–Trinajstić information content (AvgIpc) is 3.44. The molecule has 2 heterocycles. The van der Waals surface area contributed by atoms with Crippen LogP contribution in [0.3, 0.4) is 0 Å². The summed E-state index contributed by atoms with van der Waals surface area (Å²) in [4.78, 5) is 58.5. The van der Waals surface area contributed by atoms with Gasteiger partial charge in [-0.3, -0.25) is 14.4 Å². The number of nitrogens with one attached hydrogen (secondary N) is 1. The van der Waals surface area contributed by atoms with Gasteiger partial charge in [-0.15, -0.1) is 11.3 Å². The van der Waals surface area contributed by atoms with Crippen molar-refractivity contribution in [1.29, 1.82) is 0 Å². The van der Waals surface area contributed by atoms with E-state index in [-0.39, 0.29) is 25.2 Å². The molecule has 1 fully saturated rings. The number of thiazole rings is 1. The van der Waals surface area contributed by atoms with Crippen molar-refractivity contribution in [2.45, 2.75) is 91.5 Å². The number of esters is 1. The van der Waals surface area contributed by atoms with E-state index in [9.17, 15) is 24.3 Å². The molecule has 3 atom stereocenters. The lowest BCUT2D eigenvalue weighted by molar-refractivity contribution is -0.164. The largest absolute Gasteiger partial charge is 0.453 e. The Morgan fingerprint density at radius 3 is 2.31 bits per heavy atom. The number of likely N-dealkylation sites (tertiary alicyclic amines) is 1. The summed E-state index contributed by atoms with van der Waals surface area (Å²) in [6.07, 6.45) is -0.0321. The molecular weight excluding hydrogens is 518 g/mol. The molecule has 212 valence electrons. The van der Waals surface area contributed by atoms with E-state index >= 15 is 0 Å². The predicted octanol–water partition coefficient (Wildman–Crippen LogP) is 3.45. The second-order valence-electron chi connectivity index (χ2n) is 12.1. The molecule has 1 aromatic carbocycles. The van der Waals surface area contributed by atoms with Crippen LogP contribution in [-0.4, -0.2) is 68.9 Å². The molecule has 0 aliphatic carbocycles. The Morgan fingerprint density at radius 1 is 1.13 bits per heavy atom. The van der Waals surface area contributed by atoms with Gasteiger partial charge in [0.05, 0.1) is 28.2 Å². The molecule has 9 nitrogen and oxygen atoms in total. The van der Waals surface area contributed by atoms with E-state index in [0.29, 0.717) is 6.42 Å². The second-order valence-corrected chi connectivity index (χ2v) is 13.0. The molecular formula is C29H39N3O6S. The molecule has 10 heteroatoms. The number of β-amino-alcohol motifs (C(OH)–C–C–N with tert-alkyl or cyclic N) is 1. The number of aliphatic hydroxyl groups excluding tert-OH is 1. The van der Waals surface area contributed by atoms with E-state index in [2.05, 4.69) is 10.3 Å². The first kappa shape index (κ1) is 30.4. The lowest BCUT2D eigenvalue weighted by Gasteiger charge is -2.35. The van der Waals surface area contributed by atoms with Crippen LogP contribution in [0.1, 0.15) is 65.6 Å². The number of amides is 2. The lowest BCUT2D eigenvalue weighted by Crippen LogP contribution is -2.58. The van der Waals surface area contributed by atoms with Crippen LogP contribution in [0.2, 0.25) is 0 Å². The lowest BCUT2D eigenvalue weighted by atomic mass is 9.85. The van der Waals surface area contributed by atoms with Gasteiger partial charge in [0, 0.05) is 19.4 Å². The monoisotopic (exact) mass is 557 g/mol. The average molecular weight is 558 g/mol. The number of nitrogens with zero attached hydrogens (tertiary/aromatic N) is 2. The number of aromatic nitrogens is 1. The zero-order chi connectivity index (χ0) is 29.1. The fourth-order valence-electron chi connectivity index (χ4n) is 4.53. The molecule has 1 saturated heterocycles. The molecule has 2 amide bonds. The second kappa shape index (κ2) is 12.0. The maximum absolute atomic E-state index is 13.6. The highest BCUT2D eigenvalue weighted by Crippen LogP contribution is 2.29. The van der Waals surface area contributed by atoms with Crippen LogP contribution in [0, 0.1) is 12.3 Å². The number of hydrogen-bond acceptors (Lipinski definition) is 8. The zero-order valence-electron chi connectivity index (χ0n) is 23.7. The van der Waals surface area contributed by atoms with Gasteiger partial charge in [-0.1, -0.05) is 45.0 Å². The number of Topliss-reactive ketones (excluding diaryl/α,β-unsaturated/α-hetero) is 1. The topological polar surface area (TPSA) is 126 Å². The summed E-state index contributed by atoms with van der Waals surface area (Å²) in [5.74, 6) is -2.79. The minimum atomic E-state index is -1.10. The van der Waals surface area contributed by atoms with Crippen molar-refractivity contribution < 1.29 is 29.0 Å². The highest BCUT2D eigenvalue weighted by molar-refractivity contribution is 7.13. The first-order valence-electron chi connectivity index (χ1n) is 13.1. The van der Waals surface area contributed by atoms with Gasteiger partial charge in [0.1, 0.15) is 11.6 Å². The van der Waals surface area contributed by atoms with Gasteiger partial charge >= 0.3 is 11.9 Å². The maximum Gasteiger partial charge on any atom is 0.397 e. The zero-order valence-corrected chi connectivity index (χ0v) is 24.6. The number of ether oxygens (including phenoxy) is 1. The number of carbonyl (C=O) groups is 4. The normalized spacial score (nSPS) is 18.5. The van der Waals surface area contributed by atoms with Crippen molar-refractivity contribution in [2.75, 3.05) is 6.54 Å². The molecule has 1 aromatic heterocycles. The number of rotatable bonds is 7. The van der Waals surface area contributed by atoms with Crippen molar-refractivity contribution in [1.82, 2.24) is 15.2 Å². The van der Waals surface area contributed by atoms with Crippen molar-refractivity contribution in [3.05, 3.63) is 41.0 Å². The van der Waals surface area contributed by atoms with Gasteiger partial charge in [0.15, 0.2) is 5.78 Å². The molecule has 0 radical (unpaired) electrons. The van der Waals surface area contributed by atoms with Gasteiger partial charge in [0.25, 0.3) is 0 Å². The predicted molar refractivity (Wildman–Crippen MR) is 149 cm³/mol. The molecule has 1 aliphatic rings. The first-order chi connectivity index (χ1) is 18.1. The minimum absolute atomic E-state index is 0.0208. The summed E-state index contributed by atoms with van der Waals surface area (Å²) in [7, 11) is 0. The summed E-state index contributed by atoms with van der Waals surface area (Å²) >= 11 is 1.58. The van der Waals surface area contributed by atoms with Gasteiger partial charge in [-0.2, -0.15) is 0 Å². The molecule has 1 aliphatic heterocycles. The van der Waals surface area contributed by atoms with Crippen LogP contribution in [0.15, 0.2) is 29.8 Å². The van der Waals surface area contributed by atoms with Crippen LogP contribution in [0.5, 0.6) is 0 Å². The quantitative estimate of drug-likeness (QED) is 0.394.